The topological polar surface area (TPSA) is 44.9 Å². The monoisotopic (exact) mass is 258 g/mol. The molecule has 0 saturated carbocycles. The first kappa shape index (κ1) is 12.5. The van der Waals surface area contributed by atoms with Crippen LogP contribution < -0.4 is 5.73 Å². The fourth-order valence-corrected chi connectivity index (χ4v) is 3.36. The van der Waals surface area contributed by atoms with E-state index in [4.69, 9.17) is 5.73 Å². The zero-order valence-electron chi connectivity index (χ0n) is 11.7. The molecule has 2 aliphatic rings. The lowest BCUT2D eigenvalue weighted by atomic mass is 9.94. The number of hydrogen-bond acceptors (Lipinski definition) is 4. The van der Waals surface area contributed by atoms with Crippen LogP contribution >= 0.6 is 0 Å². The fourth-order valence-electron chi connectivity index (χ4n) is 3.36. The van der Waals surface area contributed by atoms with Gasteiger partial charge in [-0.1, -0.05) is 30.3 Å². The van der Waals surface area contributed by atoms with Crippen LogP contribution in [0, 0.1) is 0 Å². The van der Waals surface area contributed by atoms with E-state index in [9.17, 15) is 0 Å². The van der Waals surface area contributed by atoms with Gasteiger partial charge in [0.25, 0.3) is 0 Å². The SMILES string of the molecule is CC1CC2(CN=C(N)N2Cc2ccccc2)CN1C. The smallest absolute Gasteiger partial charge is 0.192 e. The first-order valence-corrected chi connectivity index (χ1v) is 6.92. The van der Waals surface area contributed by atoms with Crippen molar-refractivity contribution in [2.24, 2.45) is 10.7 Å². The Morgan fingerprint density at radius 2 is 2.11 bits per heavy atom. The van der Waals surface area contributed by atoms with Gasteiger partial charge in [-0.2, -0.15) is 0 Å². The molecule has 2 N–H and O–H groups in total. The molecule has 1 saturated heterocycles. The van der Waals surface area contributed by atoms with Crippen LogP contribution in [-0.2, 0) is 6.54 Å². The van der Waals surface area contributed by atoms with Gasteiger partial charge in [-0.15, -0.1) is 0 Å². The predicted octanol–water partition coefficient (Wildman–Crippen LogP) is 1.28. The molecule has 1 aromatic carbocycles. The molecule has 102 valence electrons. The van der Waals surface area contributed by atoms with Gasteiger partial charge in [0, 0.05) is 19.1 Å². The molecule has 0 radical (unpaired) electrons. The summed E-state index contributed by atoms with van der Waals surface area (Å²) in [5.74, 6) is 0.700. The number of guanidine groups is 1. The van der Waals surface area contributed by atoms with Crippen LogP contribution in [-0.4, -0.2) is 47.5 Å². The van der Waals surface area contributed by atoms with Crippen molar-refractivity contribution in [3.8, 4) is 0 Å². The Hall–Kier alpha value is -1.55. The molecular weight excluding hydrogens is 236 g/mol. The summed E-state index contributed by atoms with van der Waals surface area (Å²) >= 11 is 0. The number of benzene rings is 1. The molecule has 19 heavy (non-hydrogen) atoms. The molecule has 0 bridgehead atoms. The van der Waals surface area contributed by atoms with Gasteiger partial charge in [0.05, 0.1) is 12.1 Å². The lowest BCUT2D eigenvalue weighted by Crippen LogP contribution is -2.52. The van der Waals surface area contributed by atoms with Crippen LogP contribution in [0.15, 0.2) is 35.3 Å². The molecule has 0 aliphatic carbocycles. The number of likely N-dealkylation sites (tertiary alicyclic amines) is 1. The molecule has 4 nitrogen and oxygen atoms in total. The lowest BCUT2D eigenvalue weighted by molar-refractivity contribution is 0.197. The molecule has 1 fully saturated rings. The summed E-state index contributed by atoms with van der Waals surface area (Å²) in [5, 5.41) is 0. The van der Waals surface area contributed by atoms with Gasteiger partial charge in [-0.3, -0.25) is 4.99 Å². The van der Waals surface area contributed by atoms with E-state index in [2.05, 4.69) is 53.0 Å². The Balaban J connectivity index is 1.83. The van der Waals surface area contributed by atoms with Crippen LogP contribution in [0.1, 0.15) is 18.9 Å². The van der Waals surface area contributed by atoms with Crippen molar-refractivity contribution in [2.45, 2.75) is 31.5 Å². The average Bonchev–Trinajstić information content (AvgIpc) is 2.85. The zero-order chi connectivity index (χ0) is 13.5. The molecular formula is C15H22N4. The van der Waals surface area contributed by atoms with Crippen molar-refractivity contribution >= 4 is 5.96 Å². The number of nitrogens with two attached hydrogens (primary N) is 1. The molecule has 2 unspecified atom stereocenters. The van der Waals surface area contributed by atoms with Crippen molar-refractivity contribution in [1.82, 2.24) is 9.80 Å². The van der Waals surface area contributed by atoms with E-state index in [0.717, 1.165) is 26.1 Å². The van der Waals surface area contributed by atoms with Crippen molar-refractivity contribution in [3.05, 3.63) is 35.9 Å². The summed E-state index contributed by atoms with van der Waals surface area (Å²) in [5.41, 5.74) is 7.53. The van der Waals surface area contributed by atoms with Crippen LogP contribution in [0.4, 0.5) is 0 Å². The van der Waals surface area contributed by atoms with Gasteiger partial charge in [-0.25, -0.2) is 0 Å². The van der Waals surface area contributed by atoms with E-state index in [1.165, 1.54) is 5.56 Å². The molecule has 2 heterocycles. The number of likely N-dealkylation sites (N-methyl/N-ethyl adjacent to an activating group) is 1. The Morgan fingerprint density at radius 1 is 1.37 bits per heavy atom. The Bertz CT molecular complexity index is 472. The van der Waals surface area contributed by atoms with Crippen LogP contribution in [0.5, 0.6) is 0 Å². The van der Waals surface area contributed by atoms with E-state index in [1.54, 1.807) is 0 Å². The largest absolute Gasteiger partial charge is 0.370 e. The van der Waals surface area contributed by atoms with Crippen molar-refractivity contribution in [3.63, 3.8) is 0 Å². The summed E-state index contributed by atoms with van der Waals surface area (Å²) < 4.78 is 0. The Labute approximate surface area is 114 Å². The number of nitrogens with zero attached hydrogens (tertiary/aromatic N) is 3. The van der Waals surface area contributed by atoms with Gasteiger partial charge in [0.1, 0.15) is 0 Å². The van der Waals surface area contributed by atoms with Crippen LogP contribution in [0.2, 0.25) is 0 Å². The average molecular weight is 258 g/mol. The molecule has 2 atom stereocenters. The van der Waals surface area contributed by atoms with E-state index in [0.29, 0.717) is 12.0 Å². The van der Waals surface area contributed by atoms with E-state index in [1.807, 2.05) is 6.07 Å². The van der Waals surface area contributed by atoms with E-state index < -0.39 is 0 Å². The van der Waals surface area contributed by atoms with Gasteiger partial charge in [-0.05, 0) is 26.0 Å². The van der Waals surface area contributed by atoms with Gasteiger partial charge < -0.3 is 15.5 Å². The molecule has 1 spiro atoms. The van der Waals surface area contributed by atoms with Gasteiger partial charge in [0.15, 0.2) is 5.96 Å². The minimum Gasteiger partial charge on any atom is -0.370 e. The third-order valence-corrected chi connectivity index (χ3v) is 4.54. The van der Waals surface area contributed by atoms with Crippen molar-refractivity contribution in [1.29, 1.82) is 0 Å². The summed E-state index contributed by atoms with van der Waals surface area (Å²) in [6.45, 7) is 5.02. The maximum atomic E-state index is 6.13. The van der Waals surface area contributed by atoms with E-state index in [-0.39, 0.29) is 5.54 Å². The highest BCUT2D eigenvalue weighted by Gasteiger charge is 2.48. The molecule has 0 amide bonds. The van der Waals surface area contributed by atoms with Gasteiger partial charge >= 0.3 is 0 Å². The highest BCUT2D eigenvalue weighted by molar-refractivity contribution is 5.81. The second kappa shape index (κ2) is 4.53. The molecule has 3 rings (SSSR count). The van der Waals surface area contributed by atoms with Crippen molar-refractivity contribution < 1.29 is 0 Å². The predicted molar refractivity (Wildman–Crippen MR) is 77.9 cm³/mol. The second-order valence-electron chi connectivity index (χ2n) is 5.94. The van der Waals surface area contributed by atoms with Gasteiger partial charge in [0.2, 0.25) is 0 Å². The fraction of sp³-hybridized carbons (Fsp3) is 0.533. The highest BCUT2D eigenvalue weighted by Crippen LogP contribution is 2.35. The molecule has 0 aromatic heterocycles. The molecule has 2 aliphatic heterocycles. The number of aliphatic imine (C=N–C) groups is 1. The maximum Gasteiger partial charge on any atom is 0.192 e. The minimum absolute atomic E-state index is 0.105. The zero-order valence-corrected chi connectivity index (χ0v) is 11.7. The quantitative estimate of drug-likeness (QED) is 0.869. The summed E-state index contributed by atoms with van der Waals surface area (Å²) in [7, 11) is 2.19. The minimum atomic E-state index is 0.105. The molecule has 4 heteroatoms. The number of hydrogen-bond donors (Lipinski definition) is 1. The highest BCUT2D eigenvalue weighted by atomic mass is 15.4. The summed E-state index contributed by atoms with van der Waals surface area (Å²) in [6.07, 6.45) is 1.14. The standard InChI is InChI=1S/C15H22N4/c1-12-8-15(11-18(12)2)10-17-14(16)19(15)9-13-6-4-3-5-7-13/h3-7,12H,8-11H2,1-2H3,(H2,16,17). The normalized spacial score (nSPS) is 31.2. The summed E-state index contributed by atoms with van der Waals surface area (Å²) in [6, 6.07) is 11.1. The lowest BCUT2D eigenvalue weighted by Gasteiger charge is -2.36. The van der Waals surface area contributed by atoms with E-state index >= 15 is 0 Å². The van der Waals surface area contributed by atoms with Crippen LogP contribution in [0.25, 0.3) is 0 Å². The second-order valence-corrected chi connectivity index (χ2v) is 5.94. The van der Waals surface area contributed by atoms with Crippen molar-refractivity contribution in [2.75, 3.05) is 20.1 Å². The van der Waals surface area contributed by atoms with Crippen LogP contribution in [0.3, 0.4) is 0 Å². The number of rotatable bonds is 2. The molecule has 1 aromatic rings. The summed E-state index contributed by atoms with van der Waals surface area (Å²) in [4.78, 5) is 9.23. The maximum absolute atomic E-state index is 6.13. The Kier molecular flexibility index (Phi) is 2.97. The Morgan fingerprint density at radius 3 is 2.74 bits per heavy atom. The first-order valence-electron chi connectivity index (χ1n) is 6.92. The first-order chi connectivity index (χ1) is 9.11. The third-order valence-electron chi connectivity index (χ3n) is 4.54. The third kappa shape index (κ3) is 2.10.